The highest BCUT2D eigenvalue weighted by Crippen LogP contribution is 2.25. The normalized spacial score (nSPS) is 34.9. The number of hydrogen-bond acceptors (Lipinski definition) is 3. The summed E-state index contributed by atoms with van der Waals surface area (Å²) < 4.78 is 0. The maximum absolute atomic E-state index is 3.56. The van der Waals surface area contributed by atoms with Crippen LogP contribution in [0, 0.1) is 5.41 Å². The summed E-state index contributed by atoms with van der Waals surface area (Å²) in [4.78, 5) is 5.33. The lowest BCUT2D eigenvalue weighted by molar-refractivity contribution is -0.00476. The minimum atomic E-state index is 0.457. The molecule has 0 spiro atoms. The van der Waals surface area contributed by atoms with Crippen LogP contribution in [0.2, 0.25) is 0 Å². The number of fused-ring (bicyclic) bond motifs is 3. The molecule has 0 aromatic heterocycles. The van der Waals surface area contributed by atoms with Crippen LogP contribution in [0.4, 0.5) is 0 Å². The second kappa shape index (κ2) is 5.25. The predicted octanol–water partition coefficient (Wildman–Crippen LogP) is 1.40. The van der Waals surface area contributed by atoms with Crippen molar-refractivity contribution in [1.29, 1.82) is 0 Å². The molecule has 0 aromatic carbocycles. The Morgan fingerprint density at radius 3 is 2.24 bits per heavy atom. The lowest BCUT2D eigenvalue weighted by atomic mass is 9.86. The fraction of sp³-hybridized carbons (Fsp3) is 1.00. The van der Waals surface area contributed by atoms with Crippen LogP contribution in [-0.2, 0) is 0 Å². The monoisotopic (exact) mass is 239 g/mol. The van der Waals surface area contributed by atoms with Gasteiger partial charge >= 0.3 is 0 Å². The van der Waals surface area contributed by atoms with E-state index in [0.717, 1.165) is 6.04 Å². The number of rotatable bonds is 4. The molecule has 3 aliphatic heterocycles. The molecule has 0 aromatic rings. The summed E-state index contributed by atoms with van der Waals surface area (Å²) in [5.74, 6) is 0. The molecule has 3 saturated heterocycles. The second-order valence-electron chi connectivity index (χ2n) is 6.90. The van der Waals surface area contributed by atoms with Crippen LogP contribution in [0.5, 0.6) is 0 Å². The maximum atomic E-state index is 3.56. The fourth-order valence-electron chi connectivity index (χ4n) is 3.16. The van der Waals surface area contributed by atoms with Gasteiger partial charge in [-0.3, -0.25) is 9.80 Å². The van der Waals surface area contributed by atoms with Crippen molar-refractivity contribution in [3.05, 3.63) is 0 Å². The fourth-order valence-corrected chi connectivity index (χ4v) is 3.16. The topological polar surface area (TPSA) is 18.5 Å². The Kier molecular flexibility index (Phi) is 4.11. The molecule has 3 rings (SSSR count). The summed E-state index contributed by atoms with van der Waals surface area (Å²) >= 11 is 0. The van der Waals surface area contributed by atoms with E-state index < -0.39 is 0 Å². The van der Waals surface area contributed by atoms with E-state index in [1.807, 2.05) is 0 Å². The number of nitrogens with one attached hydrogen (secondary N) is 1. The van der Waals surface area contributed by atoms with Gasteiger partial charge in [-0.25, -0.2) is 0 Å². The Labute approximate surface area is 107 Å². The average Bonchev–Trinajstić information content (AvgIpc) is 2.30. The molecular formula is C14H29N3. The molecule has 3 nitrogen and oxygen atoms in total. The van der Waals surface area contributed by atoms with Gasteiger partial charge in [-0.1, -0.05) is 20.8 Å². The average molecular weight is 239 g/mol. The Morgan fingerprint density at radius 2 is 1.82 bits per heavy atom. The highest BCUT2D eigenvalue weighted by molar-refractivity contribution is 4.94. The standard InChI is InChI=1S/C14H29N3/c1-14(2,3)6-5-12(15-4)13-11-16-7-9-17(13)10-8-16/h12-13,15H,5-11H2,1-4H3. The highest BCUT2D eigenvalue weighted by atomic mass is 15.4. The molecule has 0 amide bonds. The predicted molar refractivity (Wildman–Crippen MR) is 73.3 cm³/mol. The van der Waals surface area contributed by atoms with Crippen molar-refractivity contribution in [2.75, 3.05) is 39.8 Å². The number of likely N-dealkylation sites (N-methyl/N-ethyl adjacent to an activating group) is 1. The molecule has 100 valence electrons. The quantitative estimate of drug-likeness (QED) is 0.800. The molecule has 2 unspecified atom stereocenters. The first-order valence-corrected chi connectivity index (χ1v) is 7.13. The van der Waals surface area contributed by atoms with Crippen LogP contribution >= 0.6 is 0 Å². The zero-order chi connectivity index (χ0) is 12.5. The molecule has 0 aliphatic carbocycles. The van der Waals surface area contributed by atoms with Gasteiger partial charge in [0.05, 0.1) is 0 Å². The van der Waals surface area contributed by atoms with Gasteiger partial charge in [0.2, 0.25) is 0 Å². The second-order valence-corrected chi connectivity index (χ2v) is 6.90. The molecular weight excluding hydrogens is 210 g/mol. The van der Waals surface area contributed by atoms with E-state index in [0.29, 0.717) is 11.5 Å². The molecule has 0 radical (unpaired) electrons. The summed E-state index contributed by atoms with van der Waals surface area (Å²) in [5, 5.41) is 3.56. The maximum Gasteiger partial charge on any atom is 0.0377 e. The van der Waals surface area contributed by atoms with Crippen molar-refractivity contribution in [3.63, 3.8) is 0 Å². The van der Waals surface area contributed by atoms with E-state index in [4.69, 9.17) is 0 Å². The number of piperazine rings is 3. The van der Waals surface area contributed by atoms with Gasteiger partial charge in [-0.15, -0.1) is 0 Å². The minimum absolute atomic E-state index is 0.457. The van der Waals surface area contributed by atoms with Crippen molar-refractivity contribution >= 4 is 0 Å². The zero-order valence-electron chi connectivity index (χ0n) is 12.0. The van der Waals surface area contributed by atoms with E-state index in [2.05, 4.69) is 42.9 Å². The summed E-state index contributed by atoms with van der Waals surface area (Å²) in [6, 6.07) is 1.40. The largest absolute Gasteiger partial charge is 0.315 e. The first-order chi connectivity index (χ1) is 7.99. The highest BCUT2D eigenvalue weighted by Gasteiger charge is 2.36. The lowest BCUT2D eigenvalue weighted by Gasteiger charge is -2.50. The van der Waals surface area contributed by atoms with Crippen LogP contribution in [0.3, 0.4) is 0 Å². The third kappa shape index (κ3) is 3.43. The SMILES string of the molecule is CNC(CCC(C)(C)C)C1CN2CCN1CC2. The molecule has 2 bridgehead atoms. The van der Waals surface area contributed by atoms with Crippen LogP contribution in [0.1, 0.15) is 33.6 Å². The van der Waals surface area contributed by atoms with Crippen molar-refractivity contribution in [1.82, 2.24) is 15.1 Å². The summed E-state index contributed by atoms with van der Waals surface area (Å²) in [7, 11) is 2.13. The van der Waals surface area contributed by atoms with Crippen LogP contribution < -0.4 is 5.32 Å². The first kappa shape index (κ1) is 13.3. The molecule has 3 heteroatoms. The van der Waals surface area contributed by atoms with E-state index in [9.17, 15) is 0 Å². The number of nitrogens with zero attached hydrogens (tertiary/aromatic N) is 2. The van der Waals surface area contributed by atoms with Gasteiger partial charge in [-0.05, 0) is 25.3 Å². The minimum Gasteiger partial charge on any atom is -0.315 e. The number of hydrogen-bond donors (Lipinski definition) is 1. The van der Waals surface area contributed by atoms with E-state index >= 15 is 0 Å². The van der Waals surface area contributed by atoms with Crippen LogP contribution in [-0.4, -0.2) is 61.7 Å². The molecule has 3 heterocycles. The Balaban J connectivity index is 1.89. The zero-order valence-corrected chi connectivity index (χ0v) is 12.0. The molecule has 0 saturated carbocycles. The first-order valence-electron chi connectivity index (χ1n) is 7.13. The molecule has 1 N–H and O–H groups in total. The van der Waals surface area contributed by atoms with Crippen molar-refractivity contribution in [3.8, 4) is 0 Å². The molecule has 3 aliphatic rings. The third-order valence-corrected chi connectivity index (χ3v) is 4.36. The van der Waals surface area contributed by atoms with Gasteiger partial charge in [-0.2, -0.15) is 0 Å². The van der Waals surface area contributed by atoms with Crippen molar-refractivity contribution < 1.29 is 0 Å². The Morgan fingerprint density at radius 1 is 1.18 bits per heavy atom. The van der Waals surface area contributed by atoms with Crippen molar-refractivity contribution in [2.24, 2.45) is 5.41 Å². The van der Waals surface area contributed by atoms with E-state index in [1.165, 1.54) is 45.6 Å². The van der Waals surface area contributed by atoms with Gasteiger partial charge in [0.15, 0.2) is 0 Å². The van der Waals surface area contributed by atoms with Gasteiger partial charge in [0.1, 0.15) is 0 Å². The van der Waals surface area contributed by atoms with Crippen LogP contribution in [0.15, 0.2) is 0 Å². The third-order valence-electron chi connectivity index (χ3n) is 4.36. The summed E-state index contributed by atoms with van der Waals surface area (Å²) in [6.07, 6.45) is 2.61. The van der Waals surface area contributed by atoms with E-state index in [1.54, 1.807) is 0 Å². The lowest BCUT2D eigenvalue weighted by Crippen LogP contribution is -2.66. The molecule has 17 heavy (non-hydrogen) atoms. The van der Waals surface area contributed by atoms with Crippen molar-refractivity contribution in [2.45, 2.75) is 45.7 Å². The van der Waals surface area contributed by atoms with Gasteiger partial charge < -0.3 is 5.32 Å². The smallest absolute Gasteiger partial charge is 0.0377 e. The summed E-state index contributed by atoms with van der Waals surface area (Å²) in [5.41, 5.74) is 0.457. The van der Waals surface area contributed by atoms with Gasteiger partial charge in [0, 0.05) is 44.8 Å². The Hall–Kier alpha value is -0.120. The molecule has 2 atom stereocenters. The van der Waals surface area contributed by atoms with E-state index in [-0.39, 0.29) is 0 Å². The van der Waals surface area contributed by atoms with Crippen LogP contribution in [0.25, 0.3) is 0 Å². The summed E-state index contributed by atoms with van der Waals surface area (Å²) in [6.45, 7) is 13.4. The Bertz CT molecular complexity index is 238. The van der Waals surface area contributed by atoms with Gasteiger partial charge in [0.25, 0.3) is 0 Å². The molecule has 3 fully saturated rings.